The Bertz CT molecular complexity index is 218. The van der Waals surface area contributed by atoms with Crippen LogP contribution in [0.2, 0.25) is 0 Å². The molecule has 1 aromatic rings. The van der Waals surface area contributed by atoms with Crippen molar-refractivity contribution in [1.29, 1.82) is 0 Å². The van der Waals surface area contributed by atoms with E-state index in [2.05, 4.69) is 4.98 Å². The number of ketones is 1. The molecule has 0 aromatic carbocycles. The van der Waals surface area contributed by atoms with Crippen LogP contribution in [0.3, 0.4) is 0 Å². The molecule has 4 heteroatoms. The molecule has 3 nitrogen and oxygen atoms in total. The summed E-state index contributed by atoms with van der Waals surface area (Å²) in [6.07, 6.45) is 2.82. The number of nitrogens with one attached hydrogen (secondary N) is 1. The van der Waals surface area contributed by atoms with Crippen molar-refractivity contribution >= 4 is 12.1 Å². The van der Waals surface area contributed by atoms with Crippen molar-refractivity contribution in [2.45, 2.75) is 0 Å². The van der Waals surface area contributed by atoms with Gasteiger partial charge in [0.05, 0.1) is 5.78 Å². The summed E-state index contributed by atoms with van der Waals surface area (Å²) in [5, 5.41) is 0. The molecule has 1 aromatic heterocycles. The third kappa shape index (κ3) is 3.24. The summed E-state index contributed by atoms with van der Waals surface area (Å²) in [7, 11) is 0. The first-order valence-corrected chi connectivity index (χ1v) is 2.40. The zero-order valence-corrected chi connectivity index (χ0v) is 8.44. The van der Waals surface area contributed by atoms with Crippen molar-refractivity contribution < 1.29 is 29.4 Å². The quantitative estimate of drug-likeness (QED) is 0.495. The van der Waals surface area contributed by atoms with E-state index in [1.807, 2.05) is 0 Å². The minimum atomic E-state index is -0.639. The van der Waals surface area contributed by atoms with Crippen LogP contribution in [0.4, 0.5) is 0 Å². The van der Waals surface area contributed by atoms with Crippen LogP contribution in [-0.2, 0) is 24.6 Å². The molecule has 0 aliphatic heterocycles. The van der Waals surface area contributed by atoms with Gasteiger partial charge in [-0.1, -0.05) is 11.8 Å². The molecule has 0 amide bonds. The van der Waals surface area contributed by atoms with Crippen molar-refractivity contribution in [2.75, 3.05) is 0 Å². The van der Waals surface area contributed by atoms with E-state index >= 15 is 0 Å². The largest absolute Gasteiger partial charge is 2.00 e. The first-order chi connectivity index (χ1) is 4.34. The number of aromatic nitrogens is 1. The number of hydrogen-bond donors (Lipinski definition) is 1. The van der Waals surface area contributed by atoms with Crippen LogP contribution in [0.25, 0.3) is 0 Å². The van der Waals surface area contributed by atoms with E-state index in [1.54, 1.807) is 12.3 Å². The SMILES string of the molecule is O=[C-]C(=O)c1ccc[nH]1.[CH3-].[Os+2]. The molecule has 0 fully saturated rings. The van der Waals surface area contributed by atoms with Crippen LogP contribution < -0.4 is 0 Å². The van der Waals surface area contributed by atoms with E-state index < -0.39 is 5.78 Å². The van der Waals surface area contributed by atoms with Gasteiger partial charge in [-0.3, -0.25) is 0 Å². The Labute approximate surface area is 78.2 Å². The molecular formula is C7H7NO2Os. The third-order valence-electron chi connectivity index (χ3n) is 0.935. The van der Waals surface area contributed by atoms with E-state index in [4.69, 9.17) is 0 Å². The maximum Gasteiger partial charge on any atom is 2.00 e. The van der Waals surface area contributed by atoms with Gasteiger partial charge in [0.2, 0.25) is 0 Å². The van der Waals surface area contributed by atoms with E-state index in [0.29, 0.717) is 0 Å². The van der Waals surface area contributed by atoms with Crippen molar-refractivity contribution in [3.8, 4) is 0 Å². The van der Waals surface area contributed by atoms with Gasteiger partial charge in [0, 0.05) is 6.29 Å². The molecule has 0 spiro atoms. The van der Waals surface area contributed by atoms with Crippen molar-refractivity contribution in [3.63, 3.8) is 0 Å². The van der Waals surface area contributed by atoms with Gasteiger partial charge >= 0.3 is 19.8 Å². The van der Waals surface area contributed by atoms with Crippen LogP contribution in [0.5, 0.6) is 0 Å². The molecule has 0 saturated carbocycles. The van der Waals surface area contributed by atoms with Gasteiger partial charge in [-0.2, -0.15) is 0 Å². The number of aromatic amines is 1. The van der Waals surface area contributed by atoms with Gasteiger partial charge in [0.25, 0.3) is 0 Å². The number of rotatable bonds is 2. The predicted molar refractivity (Wildman–Crippen MR) is 37.2 cm³/mol. The maximum atomic E-state index is 10.4. The van der Waals surface area contributed by atoms with Crippen LogP contribution in [-0.4, -0.2) is 17.1 Å². The molecule has 0 bridgehead atoms. The maximum absolute atomic E-state index is 10.4. The fourth-order valence-corrected chi connectivity index (χ4v) is 0.527. The predicted octanol–water partition coefficient (Wildman–Crippen LogP) is 0.755. The second-order valence-corrected chi connectivity index (χ2v) is 1.51. The Morgan fingerprint density at radius 3 is 2.55 bits per heavy atom. The average Bonchev–Trinajstić information content (AvgIpc) is 2.37. The second kappa shape index (κ2) is 6.00. The van der Waals surface area contributed by atoms with E-state index in [1.165, 1.54) is 12.4 Å². The number of H-pyrrole nitrogens is 1. The topological polar surface area (TPSA) is 49.9 Å². The normalized spacial score (nSPS) is 7.27. The molecule has 0 aliphatic carbocycles. The molecule has 0 atom stereocenters. The number of carbonyl (C=O) groups excluding carboxylic acids is 2. The summed E-state index contributed by atoms with van der Waals surface area (Å²) in [5.74, 6) is -0.639. The summed E-state index contributed by atoms with van der Waals surface area (Å²) >= 11 is 0. The zero-order valence-electron chi connectivity index (χ0n) is 5.90. The molecule has 0 saturated heterocycles. The Kier molecular flexibility index (Phi) is 7.03. The third-order valence-corrected chi connectivity index (χ3v) is 0.935. The van der Waals surface area contributed by atoms with Crippen LogP contribution >= 0.6 is 0 Å². The second-order valence-electron chi connectivity index (χ2n) is 1.51. The Balaban J connectivity index is 0. The molecule has 0 unspecified atom stereocenters. The smallest absolute Gasteiger partial charge is 0.436 e. The minimum Gasteiger partial charge on any atom is -0.436 e. The number of Topliss-reactive ketones (excluding diaryl/α,β-unsaturated/α-hetero) is 1. The first kappa shape index (κ1) is 12.9. The standard InChI is InChI=1S/C6H4NO2.CH3.Os/c8-4-6(9)5-2-1-3-7-5;;/h1-3,7H;1H3;/q2*-1;+2. The zero-order chi connectivity index (χ0) is 6.69. The van der Waals surface area contributed by atoms with Crippen LogP contribution in [0, 0.1) is 7.43 Å². The summed E-state index contributed by atoms with van der Waals surface area (Å²) in [6.45, 7) is 0. The molecule has 60 valence electrons. The van der Waals surface area contributed by atoms with Crippen molar-refractivity contribution in [2.24, 2.45) is 0 Å². The van der Waals surface area contributed by atoms with Gasteiger partial charge in [0.15, 0.2) is 0 Å². The molecule has 1 heterocycles. The van der Waals surface area contributed by atoms with Crippen molar-refractivity contribution in [3.05, 3.63) is 31.5 Å². The number of carbonyl (C=O) groups is 1. The van der Waals surface area contributed by atoms with Gasteiger partial charge in [-0.05, 0) is 6.20 Å². The number of hydrogen-bond acceptors (Lipinski definition) is 2. The van der Waals surface area contributed by atoms with Gasteiger partial charge in [-0.15, -0.1) is 6.07 Å². The summed E-state index contributed by atoms with van der Waals surface area (Å²) in [5.41, 5.74) is 0.282. The van der Waals surface area contributed by atoms with E-state index in [0.717, 1.165) is 0 Å². The fourth-order valence-electron chi connectivity index (χ4n) is 0.527. The van der Waals surface area contributed by atoms with Crippen molar-refractivity contribution in [1.82, 2.24) is 4.98 Å². The Hall–Kier alpha value is -0.744. The summed E-state index contributed by atoms with van der Waals surface area (Å²) in [4.78, 5) is 22.7. The molecule has 1 rings (SSSR count). The molecule has 1 N–H and O–H groups in total. The minimum absolute atomic E-state index is 0. The molecule has 0 aliphatic rings. The van der Waals surface area contributed by atoms with Gasteiger partial charge in [0.1, 0.15) is 0 Å². The van der Waals surface area contributed by atoms with Gasteiger partial charge in [-0.25, -0.2) is 0 Å². The average molecular weight is 327 g/mol. The first-order valence-electron chi connectivity index (χ1n) is 2.40. The molecular weight excluding hydrogens is 320 g/mol. The molecule has 0 radical (unpaired) electrons. The summed E-state index contributed by atoms with van der Waals surface area (Å²) in [6, 6.07) is 3.16. The van der Waals surface area contributed by atoms with E-state index in [9.17, 15) is 9.59 Å². The fraction of sp³-hybridized carbons (Fsp3) is 0. The van der Waals surface area contributed by atoms with E-state index in [-0.39, 0.29) is 32.9 Å². The summed E-state index contributed by atoms with van der Waals surface area (Å²) < 4.78 is 0. The van der Waals surface area contributed by atoms with Crippen LogP contribution in [0.1, 0.15) is 10.5 Å². The molecule has 11 heavy (non-hydrogen) atoms. The van der Waals surface area contributed by atoms with Gasteiger partial charge < -0.3 is 22.0 Å². The monoisotopic (exact) mass is 329 g/mol. The Morgan fingerprint density at radius 1 is 1.55 bits per heavy atom. The van der Waals surface area contributed by atoms with Crippen LogP contribution in [0.15, 0.2) is 18.3 Å². The Morgan fingerprint density at radius 2 is 2.18 bits per heavy atom.